The van der Waals surface area contributed by atoms with Gasteiger partial charge in [-0.05, 0) is 6.07 Å². The van der Waals surface area contributed by atoms with E-state index in [1.165, 1.54) is 0 Å². The second kappa shape index (κ2) is 4.84. The summed E-state index contributed by atoms with van der Waals surface area (Å²) in [5.41, 5.74) is -1.54. The fraction of sp³-hybridized carbons (Fsp3) is 0.100. The Morgan fingerprint density at radius 3 is 2.68 bits per heavy atom. The summed E-state index contributed by atoms with van der Waals surface area (Å²) in [5, 5.41) is 3.16. The lowest BCUT2D eigenvalue weighted by atomic mass is 10.3. The quantitative estimate of drug-likeness (QED) is 0.889. The van der Waals surface area contributed by atoms with Gasteiger partial charge in [0.2, 0.25) is 0 Å². The number of alkyl halides is 3. The molecule has 2 heterocycles. The third-order valence-electron chi connectivity index (χ3n) is 2.07. The molecule has 0 fully saturated rings. The average Bonchev–Trinajstić information content (AvgIpc) is 2.77. The maximum absolute atomic E-state index is 12.4. The molecule has 0 aliphatic rings. The van der Waals surface area contributed by atoms with Gasteiger partial charge in [0, 0.05) is 11.4 Å². The SMILES string of the molecule is O=C(Nc1cc(C(F)(F)F)cs1)c1cc(=O)[nH]cn1. The maximum atomic E-state index is 12.4. The molecule has 0 atom stereocenters. The summed E-state index contributed by atoms with van der Waals surface area (Å²) in [4.78, 5) is 28.4. The highest BCUT2D eigenvalue weighted by Crippen LogP contribution is 2.34. The number of anilines is 1. The molecule has 0 saturated heterocycles. The molecule has 0 bridgehead atoms. The molecule has 9 heteroatoms. The van der Waals surface area contributed by atoms with Crippen molar-refractivity contribution >= 4 is 22.2 Å². The lowest BCUT2D eigenvalue weighted by molar-refractivity contribution is -0.137. The van der Waals surface area contributed by atoms with Crippen LogP contribution >= 0.6 is 11.3 Å². The van der Waals surface area contributed by atoms with E-state index < -0.39 is 23.2 Å². The minimum atomic E-state index is -4.46. The van der Waals surface area contributed by atoms with Crippen molar-refractivity contribution in [2.45, 2.75) is 6.18 Å². The first kappa shape index (κ1) is 13.3. The Morgan fingerprint density at radius 1 is 1.37 bits per heavy atom. The monoisotopic (exact) mass is 289 g/mol. The first-order valence-corrected chi connectivity index (χ1v) is 5.76. The predicted molar refractivity (Wildman–Crippen MR) is 62.1 cm³/mol. The van der Waals surface area contributed by atoms with Gasteiger partial charge in [0.05, 0.1) is 16.9 Å². The normalized spacial score (nSPS) is 11.3. The minimum absolute atomic E-state index is 0.0272. The van der Waals surface area contributed by atoms with E-state index in [2.05, 4.69) is 15.3 Å². The van der Waals surface area contributed by atoms with Crippen molar-refractivity contribution in [3.05, 3.63) is 45.5 Å². The van der Waals surface area contributed by atoms with Crippen LogP contribution in [0.15, 0.2) is 28.6 Å². The van der Waals surface area contributed by atoms with Gasteiger partial charge in [-0.15, -0.1) is 11.3 Å². The van der Waals surface area contributed by atoms with Gasteiger partial charge < -0.3 is 10.3 Å². The summed E-state index contributed by atoms with van der Waals surface area (Å²) in [6.07, 6.45) is -3.42. The summed E-state index contributed by atoms with van der Waals surface area (Å²) in [7, 11) is 0. The zero-order valence-electron chi connectivity index (χ0n) is 9.12. The summed E-state index contributed by atoms with van der Waals surface area (Å²) < 4.78 is 37.1. The first-order chi connectivity index (χ1) is 8.86. The van der Waals surface area contributed by atoms with Crippen LogP contribution in [-0.4, -0.2) is 15.9 Å². The van der Waals surface area contributed by atoms with Crippen molar-refractivity contribution in [2.24, 2.45) is 0 Å². The molecule has 2 rings (SSSR count). The van der Waals surface area contributed by atoms with Crippen LogP contribution in [0.5, 0.6) is 0 Å². The molecule has 5 nitrogen and oxygen atoms in total. The molecule has 0 aromatic carbocycles. The Morgan fingerprint density at radius 2 is 2.11 bits per heavy atom. The smallest absolute Gasteiger partial charge is 0.313 e. The molecule has 0 radical (unpaired) electrons. The van der Waals surface area contributed by atoms with Crippen molar-refractivity contribution in [2.75, 3.05) is 5.32 Å². The third-order valence-corrected chi connectivity index (χ3v) is 2.92. The van der Waals surface area contributed by atoms with E-state index in [0.717, 1.165) is 35.2 Å². The fourth-order valence-electron chi connectivity index (χ4n) is 1.22. The molecule has 0 aliphatic heterocycles. The minimum Gasteiger partial charge on any atom is -0.313 e. The lowest BCUT2D eigenvalue weighted by Gasteiger charge is -2.02. The van der Waals surface area contributed by atoms with Crippen LogP contribution in [0, 0.1) is 0 Å². The fourth-order valence-corrected chi connectivity index (χ4v) is 2.02. The molecule has 2 aromatic heterocycles. The van der Waals surface area contributed by atoms with Gasteiger partial charge in [-0.2, -0.15) is 13.2 Å². The van der Waals surface area contributed by atoms with E-state index in [1.54, 1.807) is 0 Å². The number of nitrogens with one attached hydrogen (secondary N) is 2. The van der Waals surface area contributed by atoms with Crippen LogP contribution in [0.25, 0.3) is 0 Å². The van der Waals surface area contributed by atoms with Crippen LogP contribution in [-0.2, 0) is 6.18 Å². The number of aromatic amines is 1. The number of carbonyl (C=O) groups excluding carboxylic acids is 1. The molecule has 0 spiro atoms. The Bertz CT molecular complexity index is 662. The molecule has 0 aliphatic carbocycles. The Labute approximate surface area is 108 Å². The number of halogens is 3. The molecule has 0 unspecified atom stereocenters. The van der Waals surface area contributed by atoms with E-state index in [9.17, 15) is 22.8 Å². The average molecular weight is 289 g/mol. The number of hydrogen-bond donors (Lipinski definition) is 2. The third kappa shape index (κ3) is 3.19. The summed E-state index contributed by atoms with van der Waals surface area (Å²) in [6, 6.07) is 1.77. The van der Waals surface area contributed by atoms with E-state index in [-0.39, 0.29) is 10.7 Å². The standard InChI is InChI=1S/C10H6F3N3O2S/c11-10(12,13)5-1-8(19-3-5)16-9(18)6-2-7(17)15-4-14-6/h1-4H,(H,16,18)(H,14,15,17). The second-order valence-electron chi connectivity index (χ2n) is 3.45. The van der Waals surface area contributed by atoms with Gasteiger partial charge in [-0.1, -0.05) is 0 Å². The predicted octanol–water partition coefficient (Wildman–Crippen LogP) is 2.10. The van der Waals surface area contributed by atoms with Crippen LogP contribution in [0.2, 0.25) is 0 Å². The molecule has 19 heavy (non-hydrogen) atoms. The largest absolute Gasteiger partial charge is 0.417 e. The molecular formula is C10H6F3N3O2S. The van der Waals surface area contributed by atoms with Crippen LogP contribution in [0.4, 0.5) is 18.2 Å². The highest BCUT2D eigenvalue weighted by molar-refractivity contribution is 7.14. The molecule has 1 amide bonds. The highest BCUT2D eigenvalue weighted by Gasteiger charge is 2.31. The van der Waals surface area contributed by atoms with Crippen LogP contribution in [0.1, 0.15) is 16.1 Å². The number of hydrogen-bond acceptors (Lipinski definition) is 4. The van der Waals surface area contributed by atoms with Gasteiger partial charge in [0.15, 0.2) is 0 Å². The van der Waals surface area contributed by atoms with Crippen molar-refractivity contribution < 1.29 is 18.0 Å². The zero-order chi connectivity index (χ0) is 14.0. The number of H-pyrrole nitrogens is 1. The van der Waals surface area contributed by atoms with E-state index in [0.29, 0.717) is 0 Å². The molecule has 100 valence electrons. The topological polar surface area (TPSA) is 74.8 Å². The highest BCUT2D eigenvalue weighted by atomic mass is 32.1. The Balaban J connectivity index is 2.16. The Kier molecular flexibility index (Phi) is 3.38. The number of thiophene rings is 1. The van der Waals surface area contributed by atoms with Gasteiger partial charge >= 0.3 is 6.18 Å². The molecular weight excluding hydrogens is 283 g/mol. The van der Waals surface area contributed by atoms with Gasteiger partial charge in [-0.25, -0.2) is 4.98 Å². The number of rotatable bonds is 2. The summed E-state index contributed by atoms with van der Waals surface area (Å²) in [6.45, 7) is 0. The first-order valence-electron chi connectivity index (χ1n) is 4.88. The summed E-state index contributed by atoms with van der Waals surface area (Å²) >= 11 is 0.738. The molecule has 2 aromatic rings. The van der Waals surface area contributed by atoms with Gasteiger partial charge in [0.1, 0.15) is 5.69 Å². The number of nitrogens with zero attached hydrogens (tertiary/aromatic N) is 1. The van der Waals surface area contributed by atoms with E-state index in [4.69, 9.17) is 0 Å². The van der Waals surface area contributed by atoms with Crippen LogP contribution < -0.4 is 10.9 Å². The Hall–Kier alpha value is -2.16. The lowest BCUT2D eigenvalue weighted by Crippen LogP contribution is -2.17. The van der Waals surface area contributed by atoms with E-state index >= 15 is 0 Å². The number of aromatic nitrogens is 2. The number of carbonyl (C=O) groups is 1. The number of amides is 1. The maximum Gasteiger partial charge on any atom is 0.417 e. The zero-order valence-corrected chi connectivity index (χ0v) is 9.93. The second-order valence-corrected chi connectivity index (χ2v) is 4.36. The van der Waals surface area contributed by atoms with Crippen LogP contribution in [0.3, 0.4) is 0 Å². The molecule has 2 N–H and O–H groups in total. The molecule has 0 saturated carbocycles. The summed E-state index contributed by atoms with van der Waals surface area (Å²) in [5.74, 6) is -0.748. The van der Waals surface area contributed by atoms with Crippen molar-refractivity contribution in [1.82, 2.24) is 9.97 Å². The van der Waals surface area contributed by atoms with Gasteiger partial charge in [0.25, 0.3) is 11.5 Å². The van der Waals surface area contributed by atoms with Crippen molar-refractivity contribution in [3.8, 4) is 0 Å². The van der Waals surface area contributed by atoms with Crippen molar-refractivity contribution in [1.29, 1.82) is 0 Å². The van der Waals surface area contributed by atoms with Crippen molar-refractivity contribution in [3.63, 3.8) is 0 Å². The van der Waals surface area contributed by atoms with E-state index in [1.807, 2.05) is 0 Å². The van der Waals surface area contributed by atoms with Gasteiger partial charge in [-0.3, -0.25) is 9.59 Å².